The van der Waals surface area contributed by atoms with Crippen molar-refractivity contribution in [3.05, 3.63) is 41.3 Å². The Balaban J connectivity index is 1.54. The molecule has 3 rings (SSSR count). The van der Waals surface area contributed by atoms with Crippen LogP contribution in [0.5, 0.6) is 5.06 Å². The maximum absolute atomic E-state index is 10.8. The molecule has 0 aliphatic rings. The number of unbranched alkanes of at least 4 members (excludes halogenated alkanes) is 6. The van der Waals surface area contributed by atoms with Crippen LogP contribution in [0, 0.1) is 11.8 Å². The summed E-state index contributed by atoms with van der Waals surface area (Å²) in [6.45, 7) is 2.24. The summed E-state index contributed by atoms with van der Waals surface area (Å²) in [6.07, 6.45) is 8.77. The highest BCUT2D eigenvalue weighted by molar-refractivity contribution is 7.33. The van der Waals surface area contributed by atoms with E-state index in [9.17, 15) is 4.57 Å². The van der Waals surface area contributed by atoms with E-state index in [1.54, 1.807) is 28.7 Å². The van der Waals surface area contributed by atoms with Gasteiger partial charge in [0.2, 0.25) is 5.06 Å². The third-order valence-electron chi connectivity index (χ3n) is 4.31. The van der Waals surface area contributed by atoms with Crippen LogP contribution in [0.25, 0.3) is 19.5 Å². The van der Waals surface area contributed by atoms with Gasteiger partial charge in [-0.3, -0.25) is 0 Å². The lowest BCUT2D eigenvalue weighted by Crippen LogP contribution is -1.77. The SMILES string of the molecule is CCCCCCCCC#Cc1ccc(-c2ccc(-c3ccc(O[P+](=O)O)s3)s2)s1. The second kappa shape index (κ2) is 11.6. The lowest BCUT2D eigenvalue weighted by atomic mass is 10.1. The van der Waals surface area contributed by atoms with Crippen LogP contribution >= 0.6 is 42.3 Å². The third kappa shape index (κ3) is 7.06. The number of rotatable bonds is 10. The van der Waals surface area contributed by atoms with Crippen molar-refractivity contribution in [3.8, 4) is 36.4 Å². The highest BCUT2D eigenvalue weighted by Crippen LogP contribution is 2.42. The molecule has 3 aromatic rings. The summed E-state index contributed by atoms with van der Waals surface area (Å²) in [6, 6.07) is 12.1. The Labute approximate surface area is 185 Å². The molecule has 0 amide bonds. The number of thiophene rings is 3. The third-order valence-corrected chi connectivity index (χ3v) is 8.23. The molecular formula is C22H24O3PS3+. The molecule has 1 unspecified atom stereocenters. The number of hydrogen-bond donors (Lipinski definition) is 1. The van der Waals surface area contributed by atoms with Crippen molar-refractivity contribution in [2.24, 2.45) is 0 Å². The summed E-state index contributed by atoms with van der Waals surface area (Å²) in [7, 11) is -2.62. The monoisotopic (exact) mass is 463 g/mol. The summed E-state index contributed by atoms with van der Waals surface area (Å²) < 4.78 is 15.7. The van der Waals surface area contributed by atoms with Crippen LogP contribution in [0.3, 0.4) is 0 Å². The van der Waals surface area contributed by atoms with Crippen molar-refractivity contribution < 1.29 is 14.0 Å². The topological polar surface area (TPSA) is 46.5 Å². The van der Waals surface area contributed by atoms with Crippen molar-refractivity contribution in [2.45, 2.75) is 51.9 Å². The fraction of sp³-hybridized carbons (Fsp3) is 0.364. The van der Waals surface area contributed by atoms with E-state index in [1.807, 2.05) is 6.07 Å². The smallest absolute Gasteiger partial charge is 0.218 e. The van der Waals surface area contributed by atoms with E-state index < -0.39 is 8.25 Å². The van der Waals surface area contributed by atoms with Gasteiger partial charge in [0.1, 0.15) is 0 Å². The highest BCUT2D eigenvalue weighted by atomic mass is 32.1. The fourth-order valence-corrected chi connectivity index (χ4v) is 6.22. The zero-order chi connectivity index (χ0) is 20.5. The van der Waals surface area contributed by atoms with E-state index in [4.69, 9.17) is 9.42 Å². The summed E-state index contributed by atoms with van der Waals surface area (Å²) >= 11 is 4.81. The molecule has 0 saturated heterocycles. The van der Waals surface area contributed by atoms with Gasteiger partial charge in [-0.05, 0) is 42.8 Å². The van der Waals surface area contributed by atoms with Crippen molar-refractivity contribution >= 4 is 42.3 Å². The van der Waals surface area contributed by atoms with Crippen LogP contribution in [0.4, 0.5) is 0 Å². The zero-order valence-corrected chi connectivity index (χ0v) is 19.7. The minimum atomic E-state index is -2.62. The second-order valence-corrected chi connectivity index (χ2v) is 10.5. The van der Waals surface area contributed by atoms with Gasteiger partial charge in [-0.25, -0.2) is 4.52 Å². The molecule has 0 aliphatic heterocycles. The molecule has 152 valence electrons. The second-order valence-electron chi connectivity index (χ2n) is 6.60. The van der Waals surface area contributed by atoms with Crippen LogP contribution in [-0.2, 0) is 4.57 Å². The van der Waals surface area contributed by atoms with Gasteiger partial charge in [0, 0.05) is 30.5 Å². The molecule has 7 heteroatoms. The van der Waals surface area contributed by atoms with Crippen LogP contribution < -0.4 is 4.52 Å². The Kier molecular flexibility index (Phi) is 8.92. The van der Waals surface area contributed by atoms with Crippen LogP contribution in [0.15, 0.2) is 36.4 Å². The minimum absolute atomic E-state index is 0.456. The molecule has 3 heterocycles. The minimum Gasteiger partial charge on any atom is -0.218 e. The van der Waals surface area contributed by atoms with Gasteiger partial charge in [-0.15, -0.1) is 27.6 Å². The van der Waals surface area contributed by atoms with E-state index in [0.717, 1.165) is 21.1 Å². The van der Waals surface area contributed by atoms with Gasteiger partial charge in [0.05, 0.1) is 4.88 Å². The van der Waals surface area contributed by atoms with Crippen LogP contribution in [0.2, 0.25) is 0 Å². The first-order valence-electron chi connectivity index (χ1n) is 9.79. The van der Waals surface area contributed by atoms with Gasteiger partial charge >= 0.3 is 8.25 Å². The molecule has 0 spiro atoms. The predicted octanol–water partition coefficient (Wildman–Crippen LogP) is 8.34. The highest BCUT2D eigenvalue weighted by Gasteiger charge is 2.17. The molecular weight excluding hydrogens is 439 g/mol. The van der Waals surface area contributed by atoms with Gasteiger partial charge in [0.25, 0.3) is 0 Å². The average molecular weight is 464 g/mol. The molecule has 0 radical (unpaired) electrons. The molecule has 0 fully saturated rings. The van der Waals surface area contributed by atoms with Crippen molar-refractivity contribution in [3.63, 3.8) is 0 Å². The lowest BCUT2D eigenvalue weighted by Gasteiger charge is -1.96. The van der Waals surface area contributed by atoms with Gasteiger partial charge in [-0.1, -0.05) is 62.2 Å². The maximum atomic E-state index is 10.8. The predicted molar refractivity (Wildman–Crippen MR) is 126 cm³/mol. The lowest BCUT2D eigenvalue weighted by molar-refractivity contribution is 0.415. The van der Waals surface area contributed by atoms with Crippen molar-refractivity contribution in [1.82, 2.24) is 0 Å². The Hall–Kier alpha value is -1.48. The Bertz CT molecular complexity index is 990. The molecule has 3 nitrogen and oxygen atoms in total. The molecule has 0 aliphatic carbocycles. The maximum Gasteiger partial charge on any atom is 0.748 e. The fourth-order valence-electron chi connectivity index (χ4n) is 2.86. The summed E-state index contributed by atoms with van der Waals surface area (Å²) in [4.78, 5) is 14.6. The molecule has 1 atom stereocenters. The number of hydrogen-bond acceptors (Lipinski definition) is 5. The van der Waals surface area contributed by atoms with Crippen LogP contribution in [-0.4, -0.2) is 4.89 Å². The Morgan fingerprint density at radius 3 is 2.24 bits per heavy atom. The summed E-state index contributed by atoms with van der Waals surface area (Å²) in [5.41, 5.74) is 0. The quantitative estimate of drug-likeness (QED) is 0.187. The van der Waals surface area contributed by atoms with Crippen molar-refractivity contribution in [1.29, 1.82) is 0 Å². The standard InChI is InChI=1S/C22H23O3PS3/c1-2-3-4-5-6-7-8-9-10-17-11-12-18(27-17)19-13-14-20(28-19)21-15-16-22(29-21)25-26(23)24/h11-16H,2-8H2,1H3/p+1. The normalized spacial score (nSPS) is 11.2. The van der Waals surface area contributed by atoms with Gasteiger partial charge < -0.3 is 0 Å². The largest absolute Gasteiger partial charge is 0.748 e. The van der Waals surface area contributed by atoms with Crippen LogP contribution in [0.1, 0.15) is 56.7 Å². The summed E-state index contributed by atoms with van der Waals surface area (Å²) in [5, 5.41) is 0.456. The Morgan fingerprint density at radius 1 is 0.862 bits per heavy atom. The zero-order valence-electron chi connectivity index (χ0n) is 16.3. The average Bonchev–Trinajstić information content (AvgIpc) is 3.43. The first kappa shape index (κ1) is 22.2. The van der Waals surface area contributed by atoms with E-state index in [2.05, 4.69) is 43.0 Å². The molecule has 0 bridgehead atoms. The molecule has 3 aromatic heterocycles. The molecule has 1 N–H and O–H groups in total. The van der Waals surface area contributed by atoms with E-state index >= 15 is 0 Å². The summed E-state index contributed by atoms with van der Waals surface area (Å²) in [5.74, 6) is 6.62. The first-order chi connectivity index (χ1) is 14.2. The first-order valence-corrected chi connectivity index (χ1v) is 13.4. The van der Waals surface area contributed by atoms with E-state index in [1.165, 1.54) is 59.6 Å². The Morgan fingerprint density at radius 2 is 1.48 bits per heavy atom. The van der Waals surface area contributed by atoms with Gasteiger partial charge in [0.15, 0.2) is 0 Å². The van der Waals surface area contributed by atoms with E-state index in [0.29, 0.717) is 5.06 Å². The molecule has 0 saturated carbocycles. The molecule has 0 aromatic carbocycles. The van der Waals surface area contributed by atoms with Crippen molar-refractivity contribution in [2.75, 3.05) is 0 Å². The van der Waals surface area contributed by atoms with Gasteiger partial charge in [-0.2, -0.15) is 0 Å². The molecule has 29 heavy (non-hydrogen) atoms. The van der Waals surface area contributed by atoms with E-state index in [-0.39, 0.29) is 0 Å².